The molecule has 1 fully saturated rings. The van der Waals surface area contributed by atoms with Gasteiger partial charge in [-0.1, -0.05) is 6.42 Å². The van der Waals surface area contributed by atoms with Gasteiger partial charge in [0.25, 0.3) is 11.8 Å². The van der Waals surface area contributed by atoms with Crippen LogP contribution in [-0.2, 0) is 9.59 Å². The van der Waals surface area contributed by atoms with Crippen LogP contribution in [-0.4, -0.2) is 36.3 Å². The number of nitrogens with one attached hydrogen (secondary N) is 1. The maximum atomic E-state index is 11.2. The molecule has 0 aliphatic carbocycles. The minimum atomic E-state index is -0.270. The second-order valence-electron chi connectivity index (χ2n) is 4.14. The van der Waals surface area contributed by atoms with E-state index in [0.29, 0.717) is 12.0 Å². The molecule has 0 atom stereocenters. The normalized spacial score (nSPS) is 22.8. The minimum absolute atomic E-state index is 0.211. The molecule has 1 N–H and O–H groups in total. The average Bonchev–Trinajstić information content (AvgIpc) is 2.56. The molecule has 0 aromatic rings. The van der Waals surface area contributed by atoms with E-state index < -0.39 is 0 Å². The molecule has 0 spiro atoms. The summed E-state index contributed by atoms with van der Waals surface area (Å²) < 4.78 is 0. The Kier molecular flexibility index (Phi) is 3.16. The van der Waals surface area contributed by atoms with E-state index >= 15 is 0 Å². The number of carbonyl (C=O) groups excluding carboxylic acids is 2. The fourth-order valence-corrected chi connectivity index (χ4v) is 2.10. The van der Waals surface area contributed by atoms with Crippen LogP contribution in [0.5, 0.6) is 0 Å². The third-order valence-electron chi connectivity index (χ3n) is 2.98. The van der Waals surface area contributed by atoms with Crippen LogP contribution in [0.25, 0.3) is 0 Å². The summed E-state index contributed by atoms with van der Waals surface area (Å²) in [4.78, 5) is 24.5. The molecule has 4 heteroatoms. The van der Waals surface area contributed by atoms with Crippen molar-refractivity contribution >= 4 is 11.8 Å². The molecule has 2 aliphatic heterocycles. The van der Waals surface area contributed by atoms with Crippen LogP contribution in [0.1, 0.15) is 25.7 Å². The van der Waals surface area contributed by atoms with E-state index in [2.05, 4.69) is 10.2 Å². The van der Waals surface area contributed by atoms with Gasteiger partial charge in [0.15, 0.2) is 0 Å². The molecule has 0 unspecified atom stereocenters. The molecule has 0 radical (unpaired) electrons. The summed E-state index contributed by atoms with van der Waals surface area (Å²) in [6.07, 6.45) is 5.94. The summed E-state index contributed by atoms with van der Waals surface area (Å²) in [6.45, 7) is 3.15. The quantitative estimate of drug-likeness (QED) is 0.685. The first kappa shape index (κ1) is 10.4. The first-order valence-corrected chi connectivity index (χ1v) is 5.54. The Morgan fingerprint density at radius 2 is 1.93 bits per heavy atom. The van der Waals surface area contributed by atoms with E-state index in [9.17, 15) is 9.59 Å². The molecule has 0 saturated carbocycles. The van der Waals surface area contributed by atoms with E-state index in [1.807, 2.05) is 0 Å². The van der Waals surface area contributed by atoms with Crippen molar-refractivity contribution in [2.24, 2.45) is 0 Å². The predicted molar refractivity (Wildman–Crippen MR) is 56.1 cm³/mol. The van der Waals surface area contributed by atoms with E-state index in [4.69, 9.17) is 0 Å². The molecule has 2 aliphatic rings. The zero-order valence-electron chi connectivity index (χ0n) is 8.79. The Bertz CT molecular complexity index is 304. The zero-order chi connectivity index (χ0) is 10.7. The molecule has 82 valence electrons. The molecule has 4 nitrogen and oxygen atoms in total. The van der Waals surface area contributed by atoms with Gasteiger partial charge in [-0.3, -0.25) is 14.9 Å². The van der Waals surface area contributed by atoms with Crippen molar-refractivity contribution < 1.29 is 9.59 Å². The summed E-state index contributed by atoms with van der Waals surface area (Å²) >= 11 is 0. The highest BCUT2D eigenvalue weighted by Gasteiger charge is 2.21. The number of carbonyl (C=O) groups is 2. The van der Waals surface area contributed by atoms with E-state index in [1.54, 1.807) is 0 Å². The molecule has 0 aromatic carbocycles. The molecule has 15 heavy (non-hydrogen) atoms. The highest BCUT2D eigenvalue weighted by molar-refractivity contribution is 6.16. The minimum Gasteiger partial charge on any atom is -0.303 e. The van der Waals surface area contributed by atoms with Crippen molar-refractivity contribution in [2.75, 3.05) is 19.6 Å². The second kappa shape index (κ2) is 4.57. The number of hydrogen-bond donors (Lipinski definition) is 1. The summed E-state index contributed by atoms with van der Waals surface area (Å²) in [5.74, 6) is -0.481. The largest absolute Gasteiger partial charge is 0.303 e. The third-order valence-corrected chi connectivity index (χ3v) is 2.98. The Labute approximate surface area is 89.3 Å². The SMILES string of the molecule is O=C1C=C(CCN2CCCCC2)C(=O)N1. The Morgan fingerprint density at radius 3 is 2.53 bits per heavy atom. The smallest absolute Gasteiger partial charge is 0.254 e. The Balaban J connectivity index is 1.80. The van der Waals surface area contributed by atoms with Crippen molar-refractivity contribution in [3.8, 4) is 0 Å². The van der Waals surface area contributed by atoms with Gasteiger partial charge in [-0.2, -0.15) is 0 Å². The fraction of sp³-hybridized carbons (Fsp3) is 0.636. The molecular formula is C11H16N2O2. The lowest BCUT2D eigenvalue weighted by Crippen LogP contribution is -2.31. The monoisotopic (exact) mass is 208 g/mol. The van der Waals surface area contributed by atoms with Crippen LogP contribution >= 0.6 is 0 Å². The van der Waals surface area contributed by atoms with E-state index in [1.165, 1.54) is 25.3 Å². The van der Waals surface area contributed by atoms with Crippen molar-refractivity contribution in [3.05, 3.63) is 11.6 Å². The topological polar surface area (TPSA) is 49.4 Å². The van der Waals surface area contributed by atoms with Gasteiger partial charge in [0.2, 0.25) is 0 Å². The van der Waals surface area contributed by atoms with Gasteiger partial charge in [0, 0.05) is 18.2 Å². The molecule has 0 aromatic heterocycles. The van der Waals surface area contributed by atoms with Crippen LogP contribution < -0.4 is 5.32 Å². The number of rotatable bonds is 3. The van der Waals surface area contributed by atoms with Crippen molar-refractivity contribution in [1.82, 2.24) is 10.2 Å². The van der Waals surface area contributed by atoms with Crippen LogP contribution in [0.15, 0.2) is 11.6 Å². The van der Waals surface area contributed by atoms with Crippen LogP contribution in [0.4, 0.5) is 0 Å². The molecule has 2 heterocycles. The maximum absolute atomic E-state index is 11.2. The van der Waals surface area contributed by atoms with Gasteiger partial charge in [-0.15, -0.1) is 0 Å². The van der Waals surface area contributed by atoms with Gasteiger partial charge >= 0.3 is 0 Å². The molecule has 0 bridgehead atoms. The predicted octanol–water partition coefficient (Wildman–Crippen LogP) is 0.445. The average molecular weight is 208 g/mol. The Morgan fingerprint density at radius 1 is 1.20 bits per heavy atom. The van der Waals surface area contributed by atoms with Crippen LogP contribution in [0.2, 0.25) is 0 Å². The van der Waals surface area contributed by atoms with Gasteiger partial charge in [-0.05, 0) is 32.4 Å². The second-order valence-corrected chi connectivity index (χ2v) is 4.14. The van der Waals surface area contributed by atoms with Crippen molar-refractivity contribution in [3.63, 3.8) is 0 Å². The molecule has 2 rings (SSSR count). The van der Waals surface area contributed by atoms with Crippen LogP contribution in [0, 0.1) is 0 Å². The number of likely N-dealkylation sites (tertiary alicyclic amines) is 1. The van der Waals surface area contributed by atoms with Crippen molar-refractivity contribution in [1.29, 1.82) is 0 Å². The van der Waals surface area contributed by atoms with Gasteiger partial charge in [0.1, 0.15) is 0 Å². The maximum Gasteiger partial charge on any atom is 0.254 e. The summed E-state index contributed by atoms with van der Waals surface area (Å²) in [5.41, 5.74) is 0.630. The Hall–Kier alpha value is -1.16. The number of imide groups is 1. The lowest BCUT2D eigenvalue weighted by Gasteiger charge is -2.26. The number of hydrogen-bond acceptors (Lipinski definition) is 3. The number of piperidine rings is 1. The summed E-state index contributed by atoms with van der Waals surface area (Å²) in [5, 5.41) is 2.27. The first-order valence-electron chi connectivity index (χ1n) is 5.54. The lowest BCUT2D eigenvalue weighted by molar-refractivity contribution is -0.123. The third kappa shape index (κ3) is 2.65. The highest BCUT2D eigenvalue weighted by atomic mass is 16.2. The van der Waals surface area contributed by atoms with E-state index in [-0.39, 0.29) is 11.8 Å². The van der Waals surface area contributed by atoms with Gasteiger partial charge in [-0.25, -0.2) is 0 Å². The standard InChI is InChI=1S/C11H16N2O2/c14-10-8-9(11(15)12-10)4-7-13-5-2-1-3-6-13/h8H,1-7H2,(H,12,14,15). The van der Waals surface area contributed by atoms with Crippen LogP contribution in [0.3, 0.4) is 0 Å². The van der Waals surface area contributed by atoms with E-state index in [0.717, 1.165) is 19.6 Å². The number of amides is 2. The fourth-order valence-electron chi connectivity index (χ4n) is 2.10. The molecular weight excluding hydrogens is 192 g/mol. The zero-order valence-corrected chi connectivity index (χ0v) is 8.79. The molecule has 1 saturated heterocycles. The lowest BCUT2D eigenvalue weighted by atomic mass is 10.1. The highest BCUT2D eigenvalue weighted by Crippen LogP contribution is 2.12. The summed E-state index contributed by atoms with van der Waals surface area (Å²) in [6, 6.07) is 0. The number of nitrogens with zero attached hydrogens (tertiary/aromatic N) is 1. The summed E-state index contributed by atoms with van der Waals surface area (Å²) in [7, 11) is 0. The van der Waals surface area contributed by atoms with Gasteiger partial charge < -0.3 is 4.90 Å². The first-order chi connectivity index (χ1) is 7.25. The van der Waals surface area contributed by atoms with Crippen molar-refractivity contribution in [2.45, 2.75) is 25.7 Å². The molecule has 2 amide bonds. The van der Waals surface area contributed by atoms with Gasteiger partial charge in [0.05, 0.1) is 0 Å².